The molecule has 6 heteroatoms. The van der Waals surface area contributed by atoms with Crippen molar-refractivity contribution in [1.29, 1.82) is 0 Å². The summed E-state index contributed by atoms with van der Waals surface area (Å²) in [6.07, 6.45) is 9.40. The first kappa shape index (κ1) is 25.3. The van der Waals surface area contributed by atoms with Gasteiger partial charge in [0.25, 0.3) is 0 Å². The van der Waals surface area contributed by atoms with E-state index >= 15 is 0 Å². The highest BCUT2D eigenvalue weighted by Crippen LogP contribution is 2.30. The molecule has 4 nitrogen and oxygen atoms in total. The Kier molecular flexibility index (Phi) is 9.82. The molecule has 0 saturated carbocycles. The normalized spacial score (nSPS) is 11.0. The van der Waals surface area contributed by atoms with Crippen molar-refractivity contribution in [2.75, 3.05) is 13.2 Å². The maximum atomic E-state index is 5.96. The van der Waals surface area contributed by atoms with Crippen LogP contribution in [0.4, 0.5) is 0 Å². The van der Waals surface area contributed by atoms with E-state index in [1.807, 2.05) is 13.0 Å². The third-order valence-electron chi connectivity index (χ3n) is 5.60. The second-order valence-corrected chi connectivity index (χ2v) is 9.20. The van der Waals surface area contributed by atoms with Gasteiger partial charge in [-0.25, -0.2) is 4.98 Å². The van der Waals surface area contributed by atoms with Crippen molar-refractivity contribution >= 4 is 40.5 Å². The molecule has 0 aliphatic rings. The fourth-order valence-electron chi connectivity index (χ4n) is 3.75. The SMILES string of the molecule is CCC(=S)OCCCCCCCCOc1cc2oc(=S)c(-c3ccc(C)cc3C)cc2cn1. The van der Waals surface area contributed by atoms with Gasteiger partial charge in [-0.3, -0.25) is 0 Å². The lowest BCUT2D eigenvalue weighted by Crippen LogP contribution is -2.01. The molecule has 0 atom stereocenters. The summed E-state index contributed by atoms with van der Waals surface area (Å²) in [6.45, 7) is 7.59. The lowest BCUT2D eigenvalue weighted by atomic mass is 10.00. The van der Waals surface area contributed by atoms with E-state index in [1.165, 1.54) is 30.4 Å². The Labute approximate surface area is 207 Å². The number of benzene rings is 1. The average Bonchev–Trinajstić information content (AvgIpc) is 2.80. The standard InChI is InChI=1S/C27H33NO3S2/c1-4-26(32)30-14-10-8-6-5-7-9-13-29-25-17-24-21(18-28-25)16-23(27(33)31-24)22-12-11-19(2)15-20(22)3/h11-12,15-18H,4-10,13-14H2,1-3H3. The molecule has 0 N–H and O–H groups in total. The average molecular weight is 484 g/mol. The van der Waals surface area contributed by atoms with Crippen molar-refractivity contribution in [2.45, 2.75) is 65.7 Å². The number of aryl methyl sites for hydroxylation is 2. The highest BCUT2D eigenvalue weighted by atomic mass is 32.1. The molecule has 3 rings (SSSR count). The molecule has 1 aromatic carbocycles. The van der Waals surface area contributed by atoms with Gasteiger partial charge in [0, 0.05) is 29.6 Å². The molecule has 0 spiro atoms. The molecule has 3 aromatic rings. The lowest BCUT2D eigenvalue weighted by molar-refractivity contribution is 0.286. The number of hydrogen-bond donors (Lipinski definition) is 0. The van der Waals surface area contributed by atoms with E-state index in [9.17, 15) is 0 Å². The third kappa shape index (κ3) is 7.61. The molecule has 0 bridgehead atoms. The summed E-state index contributed by atoms with van der Waals surface area (Å²) in [5.74, 6) is 0.573. The van der Waals surface area contributed by atoms with Crippen LogP contribution in [0.25, 0.3) is 22.1 Å². The number of hydrogen-bond acceptors (Lipinski definition) is 6. The minimum Gasteiger partial charge on any atom is -0.487 e. The van der Waals surface area contributed by atoms with Crippen LogP contribution < -0.4 is 4.74 Å². The van der Waals surface area contributed by atoms with Gasteiger partial charge in [0.05, 0.1) is 13.2 Å². The Balaban J connectivity index is 1.46. The minimum absolute atomic E-state index is 0.480. The lowest BCUT2D eigenvalue weighted by Gasteiger charge is -2.09. The Morgan fingerprint density at radius 1 is 0.939 bits per heavy atom. The molecule has 0 fully saturated rings. The summed E-state index contributed by atoms with van der Waals surface area (Å²) >= 11 is 10.6. The molecule has 2 aromatic heterocycles. The number of pyridine rings is 1. The highest BCUT2D eigenvalue weighted by molar-refractivity contribution is 7.80. The van der Waals surface area contributed by atoms with Gasteiger partial charge in [-0.1, -0.05) is 56.4 Å². The zero-order valence-corrected chi connectivity index (χ0v) is 21.4. The predicted octanol–water partition coefficient (Wildman–Crippen LogP) is 8.31. The fourth-order valence-corrected chi connectivity index (χ4v) is 4.10. The fraction of sp³-hybridized carbons (Fsp3) is 0.444. The van der Waals surface area contributed by atoms with E-state index in [4.69, 9.17) is 38.3 Å². The molecule has 2 heterocycles. The van der Waals surface area contributed by atoms with Crippen LogP contribution in [-0.2, 0) is 4.74 Å². The van der Waals surface area contributed by atoms with E-state index in [0.29, 0.717) is 27.8 Å². The number of rotatable bonds is 12. The smallest absolute Gasteiger partial charge is 0.216 e. The summed E-state index contributed by atoms with van der Waals surface area (Å²) in [5.41, 5.74) is 5.12. The molecule has 176 valence electrons. The Hall–Kier alpha value is -2.31. The summed E-state index contributed by atoms with van der Waals surface area (Å²) in [6, 6.07) is 10.2. The monoisotopic (exact) mass is 483 g/mol. The summed E-state index contributed by atoms with van der Waals surface area (Å²) in [5, 5.41) is 1.63. The van der Waals surface area contributed by atoms with Gasteiger partial charge in [-0.05, 0) is 68.3 Å². The van der Waals surface area contributed by atoms with Crippen molar-refractivity contribution < 1.29 is 13.9 Å². The van der Waals surface area contributed by atoms with E-state index in [0.717, 1.165) is 48.8 Å². The maximum Gasteiger partial charge on any atom is 0.216 e. The minimum atomic E-state index is 0.480. The topological polar surface area (TPSA) is 44.5 Å². The van der Waals surface area contributed by atoms with Crippen LogP contribution in [0.2, 0.25) is 0 Å². The Morgan fingerprint density at radius 3 is 2.39 bits per heavy atom. The Bertz CT molecular complexity index is 1140. The van der Waals surface area contributed by atoms with Gasteiger partial charge in [0.1, 0.15) is 5.58 Å². The van der Waals surface area contributed by atoms with Gasteiger partial charge in [0.15, 0.2) is 9.76 Å². The van der Waals surface area contributed by atoms with Crippen molar-refractivity contribution in [1.82, 2.24) is 4.98 Å². The summed E-state index contributed by atoms with van der Waals surface area (Å²) in [7, 11) is 0. The van der Waals surface area contributed by atoms with E-state index in [2.05, 4.69) is 43.1 Å². The highest BCUT2D eigenvalue weighted by Gasteiger charge is 2.10. The predicted molar refractivity (Wildman–Crippen MR) is 142 cm³/mol. The molecule has 0 amide bonds. The molecule has 0 saturated heterocycles. The second kappa shape index (κ2) is 12.8. The van der Waals surface area contributed by atoms with Crippen LogP contribution in [0.1, 0.15) is 63.0 Å². The molecule has 33 heavy (non-hydrogen) atoms. The first-order valence-electron chi connectivity index (χ1n) is 11.8. The largest absolute Gasteiger partial charge is 0.487 e. The van der Waals surface area contributed by atoms with Crippen LogP contribution in [-0.4, -0.2) is 23.2 Å². The number of thiocarbonyl (C=S) groups is 1. The zero-order chi connectivity index (χ0) is 23.6. The Morgan fingerprint density at radius 2 is 1.67 bits per heavy atom. The molecule has 0 aliphatic carbocycles. The van der Waals surface area contributed by atoms with E-state index in [1.54, 1.807) is 6.20 Å². The van der Waals surface area contributed by atoms with Gasteiger partial charge >= 0.3 is 0 Å². The van der Waals surface area contributed by atoms with Crippen LogP contribution >= 0.6 is 24.4 Å². The molecule has 0 aliphatic heterocycles. The number of ether oxygens (including phenoxy) is 2. The molecule has 0 unspecified atom stereocenters. The molecule has 0 radical (unpaired) electrons. The number of aromatic nitrogens is 1. The van der Waals surface area contributed by atoms with Crippen molar-refractivity contribution in [3.8, 4) is 17.0 Å². The van der Waals surface area contributed by atoms with Crippen LogP contribution in [0, 0.1) is 18.6 Å². The first-order valence-corrected chi connectivity index (χ1v) is 12.6. The van der Waals surface area contributed by atoms with Gasteiger partial charge in [-0.2, -0.15) is 0 Å². The first-order chi connectivity index (χ1) is 16.0. The number of nitrogens with zero attached hydrogens (tertiary/aromatic N) is 1. The number of fused-ring (bicyclic) bond motifs is 1. The van der Waals surface area contributed by atoms with Crippen LogP contribution in [0.5, 0.6) is 5.88 Å². The summed E-state index contributed by atoms with van der Waals surface area (Å²) in [4.78, 5) is 4.46. The van der Waals surface area contributed by atoms with Crippen molar-refractivity contribution in [3.63, 3.8) is 0 Å². The second-order valence-electron chi connectivity index (χ2n) is 8.37. The molecular formula is C27H33NO3S2. The van der Waals surface area contributed by atoms with Crippen molar-refractivity contribution in [2.24, 2.45) is 0 Å². The molecular weight excluding hydrogens is 450 g/mol. The van der Waals surface area contributed by atoms with Gasteiger partial charge in [0.2, 0.25) is 5.88 Å². The zero-order valence-electron chi connectivity index (χ0n) is 19.8. The maximum absolute atomic E-state index is 5.96. The third-order valence-corrected chi connectivity index (χ3v) is 6.31. The van der Waals surface area contributed by atoms with E-state index < -0.39 is 0 Å². The van der Waals surface area contributed by atoms with Crippen LogP contribution in [0.3, 0.4) is 0 Å². The van der Waals surface area contributed by atoms with Gasteiger partial charge in [-0.15, -0.1) is 0 Å². The summed E-state index contributed by atoms with van der Waals surface area (Å²) < 4.78 is 17.7. The number of unbranched alkanes of at least 4 members (excludes halogenated alkanes) is 5. The van der Waals surface area contributed by atoms with E-state index in [-0.39, 0.29) is 0 Å². The van der Waals surface area contributed by atoms with Crippen LogP contribution in [0.15, 0.2) is 40.9 Å². The van der Waals surface area contributed by atoms with Crippen molar-refractivity contribution in [3.05, 3.63) is 52.4 Å². The van der Waals surface area contributed by atoms with Gasteiger partial charge < -0.3 is 13.9 Å². The quantitative estimate of drug-likeness (QED) is 0.191.